The molecule has 27 heavy (non-hydrogen) atoms. The molecule has 0 aliphatic carbocycles. The van der Waals surface area contributed by atoms with Crippen LogP contribution >= 0.6 is 0 Å². The van der Waals surface area contributed by atoms with E-state index in [0.717, 1.165) is 0 Å². The van der Waals surface area contributed by atoms with Crippen LogP contribution in [0.3, 0.4) is 0 Å². The number of ether oxygens (including phenoxy) is 2. The van der Waals surface area contributed by atoms with Crippen molar-refractivity contribution >= 4 is 23.3 Å². The lowest BCUT2D eigenvalue weighted by Crippen LogP contribution is -2.21. The Morgan fingerprint density at radius 1 is 0.926 bits per heavy atom. The lowest BCUT2D eigenvalue weighted by Gasteiger charge is -2.08. The highest BCUT2D eigenvalue weighted by molar-refractivity contribution is 5.97. The first-order valence-corrected chi connectivity index (χ1v) is 8.02. The van der Waals surface area contributed by atoms with E-state index >= 15 is 0 Å². The maximum Gasteiger partial charge on any atom is 0.387 e. The molecule has 142 valence electrons. The van der Waals surface area contributed by atoms with Gasteiger partial charge in [0.2, 0.25) is 0 Å². The van der Waals surface area contributed by atoms with Crippen molar-refractivity contribution in [3.05, 3.63) is 60.2 Å². The predicted molar refractivity (Wildman–Crippen MR) is 92.7 cm³/mol. The number of hydrogen-bond donors (Lipinski definition) is 1. The molecule has 0 aliphatic heterocycles. The first-order chi connectivity index (χ1) is 12.9. The van der Waals surface area contributed by atoms with Crippen LogP contribution < -0.4 is 10.1 Å². The van der Waals surface area contributed by atoms with Gasteiger partial charge in [-0.2, -0.15) is 8.78 Å². The quantitative estimate of drug-likeness (QED) is 0.535. The topological polar surface area (TPSA) is 81.7 Å². The fourth-order valence-electron chi connectivity index (χ4n) is 2.12. The maximum atomic E-state index is 12.1. The van der Waals surface area contributed by atoms with Gasteiger partial charge in [-0.15, -0.1) is 0 Å². The minimum atomic E-state index is -2.93. The van der Waals surface area contributed by atoms with Crippen LogP contribution in [0.25, 0.3) is 0 Å². The first-order valence-electron chi connectivity index (χ1n) is 8.02. The summed E-state index contributed by atoms with van der Waals surface area (Å²) in [6, 6.07) is 13.8. The molecule has 0 aliphatic rings. The third-order valence-corrected chi connectivity index (χ3v) is 3.38. The normalized spacial score (nSPS) is 10.3. The molecule has 2 aromatic rings. The first kappa shape index (κ1) is 20.0. The Morgan fingerprint density at radius 3 is 2.22 bits per heavy atom. The average molecular weight is 377 g/mol. The standard InChI is InChI=1S/C19H17F2NO5/c20-19(21)27-15-8-6-14(7-9-15)22-17(24)12-26-18(25)11-10-16(23)13-4-2-1-3-5-13/h1-9,19H,10-12H2,(H,22,24). The Labute approximate surface area is 154 Å². The number of alkyl halides is 2. The number of ketones is 1. The molecule has 0 atom stereocenters. The molecule has 0 saturated heterocycles. The number of halogens is 2. The van der Waals surface area contributed by atoms with Crippen molar-refractivity contribution < 1.29 is 32.6 Å². The second kappa shape index (κ2) is 10.0. The summed E-state index contributed by atoms with van der Waals surface area (Å²) in [5, 5.41) is 2.44. The highest BCUT2D eigenvalue weighted by atomic mass is 19.3. The number of anilines is 1. The molecule has 0 saturated carbocycles. The zero-order valence-electron chi connectivity index (χ0n) is 14.2. The number of esters is 1. The molecule has 8 heteroatoms. The van der Waals surface area contributed by atoms with Gasteiger partial charge in [0.1, 0.15) is 5.75 Å². The van der Waals surface area contributed by atoms with Crippen molar-refractivity contribution in [1.29, 1.82) is 0 Å². The van der Waals surface area contributed by atoms with Gasteiger partial charge >= 0.3 is 12.6 Å². The summed E-state index contributed by atoms with van der Waals surface area (Å²) in [7, 11) is 0. The van der Waals surface area contributed by atoms with E-state index in [9.17, 15) is 23.2 Å². The summed E-state index contributed by atoms with van der Waals surface area (Å²) in [5.41, 5.74) is 0.833. The highest BCUT2D eigenvalue weighted by Crippen LogP contribution is 2.17. The summed E-state index contributed by atoms with van der Waals surface area (Å²) < 4.78 is 33.1. The van der Waals surface area contributed by atoms with Gasteiger partial charge in [-0.1, -0.05) is 30.3 Å². The molecule has 0 heterocycles. The van der Waals surface area contributed by atoms with Crippen molar-refractivity contribution in [1.82, 2.24) is 0 Å². The summed E-state index contributed by atoms with van der Waals surface area (Å²) in [5.74, 6) is -1.50. The number of Topliss-reactive ketones (excluding diaryl/α,β-unsaturated/α-hetero) is 1. The Bertz CT molecular complexity index is 778. The Kier molecular flexibility index (Phi) is 7.42. The SMILES string of the molecule is O=C(COC(=O)CCC(=O)c1ccccc1)Nc1ccc(OC(F)F)cc1. The van der Waals surface area contributed by atoms with E-state index in [1.807, 2.05) is 0 Å². The lowest BCUT2D eigenvalue weighted by atomic mass is 10.1. The third kappa shape index (κ3) is 7.23. The van der Waals surface area contributed by atoms with E-state index in [0.29, 0.717) is 11.3 Å². The summed E-state index contributed by atoms with van der Waals surface area (Å²) >= 11 is 0. The predicted octanol–water partition coefficient (Wildman–Crippen LogP) is 3.43. The zero-order chi connectivity index (χ0) is 19.6. The molecule has 1 N–H and O–H groups in total. The van der Waals surface area contributed by atoms with Crippen LogP contribution in [0.15, 0.2) is 54.6 Å². The third-order valence-electron chi connectivity index (χ3n) is 3.38. The number of hydrogen-bond acceptors (Lipinski definition) is 5. The van der Waals surface area contributed by atoms with Gasteiger partial charge in [-0.25, -0.2) is 0 Å². The molecule has 0 aromatic heterocycles. The zero-order valence-corrected chi connectivity index (χ0v) is 14.2. The summed E-state index contributed by atoms with van der Waals surface area (Å²) in [6.07, 6.45) is -0.156. The number of amides is 1. The molecule has 0 fully saturated rings. The van der Waals surface area contributed by atoms with Gasteiger partial charge in [-0.05, 0) is 24.3 Å². The number of nitrogens with one attached hydrogen (secondary N) is 1. The van der Waals surface area contributed by atoms with Gasteiger partial charge in [0.15, 0.2) is 12.4 Å². The largest absolute Gasteiger partial charge is 0.456 e. The maximum absolute atomic E-state index is 12.1. The van der Waals surface area contributed by atoms with Crippen LogP contribution in [0.2, 0.25) is 0 Å². The van der Waals surface area contributed by atoms with Crippen molar-refractivity contribution in [2.75, 3.05) is 11.9 Å². The van der Waals surface area contributed by atoms with Crippen LogP contribution in [0, 0.1) is 0 Å². The lowest BCUT2D eigenvalue weighted by molar-refractivity contribution is -0.147. The van der Waals surface area contributed by atoms with Crippen LogP contribution in [-0.2, 0) is 14.3 Å². The van der Waals surface area contributed by atoms with E-state index in [1.54, 1.807) is 30.3 Å². The van der Waals surface area contributed by atoms with Crippen molar-refractivity contribution in [2.45, 2.75) is 19.5 Å². The van der Waals surface area contributed by atoms with E-state index in [2.05, 4.69) is 10.1 Å². The second-order valence-corrected chi connectivity index (χ2v) is 5.40. The fraction of sp³-hybridized carbons (Fsp3) is 0.211. The number of carbonyl (C=O) groups is 3. The molecule has 0 radical (unpaired) electrons. The Balaban J connectivity index is 1.70. The van der Waals surface area contributed by atoms with E-state index in [-0.39, 0.29) is 24.4 Å². The van der Waals surface area contributed by atoms with Crippen LogP contribution in [-0.4, -0.2) is 30.9 Å². The molecule has 0 bridgehead atoms. The van der Waals surface area contributed by atoms with Crippen LogP contribution in [0.4, 0.5) is 14.5 Å². The monoisotopic (exact) mass is 377 g/mol. The summed E-state index contributed by atoms with van der Waals surface area (Å²) in [6.45, 7) is -3.45. The molecular weight excluding hydrogens is 360 g/mol. The fourth-order valence-corrected chi connectivity index (χ4v) is 2.12. The van der Waals surface area contributed by atoms with Crippen molar-refractivity contribution in [3.63, 3.8) is 0 Å². The van der Waals surface area contributed by atoms with Gasteiger partial charge in [0.05, 0.1) is 6.42 Å². The van der Waals surface area contributed by atoms with Gasteiger partial charge < -0.3 is 14.8 Å². The van der Waals surface area contributed by atoms with Gasteiger partial charge in [0.25, 0.3) is 5.91 Å². The minimum Gasteiger partial charge on any atom is -0.456 e. The Hall–Kier alpha value is -3.29. The molecule has 1 amide bonds. The molecule has 0 unspecified atom stereocenters. The van der Waals surface area contributed by atoms with Crippen LogP contribution in [0.1, 0.15) is 23.2 Å². The number of carbonyl (C=O) groups excluding carboxylic acids is 3. The Morgan fingerprint density at radius 2 is 1.59 bits per heavy atom. The van der Waals surface area contributed by atoms with Gasteiger partial charge in [-0.3, -0.25) is 14.4 Å². The second-order valence-electron chi connectivity index (χ2n) is 5.40. The van der Waals surface area contributed by atoms with Crippen molar-refractivity contribution in [2.24, 2.45) is 0 Å². The average Bonchev–Trinajstić information content (AvgIpc) is 2.66. The molecule has 6 nitrogen and oxygen atoms in total. The molecule has 2 rings (SSSR count). The molecule has 0 spiro atoms. The number of rotatable bonds is 9. The van der Waals surface area contributed by atoms with Gasteiger partial charge in [0, 0.05) is 17.7 Å². The molecule has 2 aromatic carbocycles. The number of benzene rings is 2. The minimum absolute atomic E-state index is 0.0178. The van der Waals surface area contributed by atoms with E-state index in [1.165, 1.54) is 24.3 Å². The highest BCUT2D eigenvalue weighted by Gasteiger charge is 2.12. The smallest absolute Gasteiger partial charge is 0.387 e. The van der Waals surface area contributed by atoms with Crippen LogP contribution in [0.5, 0.6) is 5.75 Å². The van der Waals surface area contributed by atoms with E-state index < -0.39 is 25.1 Å². The van der Waals surface area contributed by atoms with E-state index in [4.69, 9.17) is 4.74 Å². The molecular formula is C19H17F2NO5. The van der Waals surface area contributed by atoms with Crippen molar-refractivity contribution in [3.8, 4) is 5.75 Å². The summed E-state index contributed by atoms with van der Waals surface area (Å²) in [4.78, 5) is 35.3.